The minimum atomic E-state index is -4.70. The number of rotatable bonds is 4. The maximum Gasteiger partial charge on any atom is 1.00 e. The zero-order valence-electron chi connectivity index (χ0n) is 11.1. The van der Waals surface area contributed by atoms with Gasteiger partial charge in [0.15, 0.2) is 6.29 Å². The van der Waals surface area contributed by atoms with Crippen LogP contribution < -0.4 is 68.9 Å². The van der Waals surface area contributed by atoms with E-state index in [0.717, 1.165) is 0 Å². The Kier molecular flexibility index (Phi) is 12.1. The molecule has 1 heterocycles. The molecule has 1 rings (SSSR count). The smallest absolute Gasteiger partial charge is 0.811 e. The fraction of sp³-hybridized carbons (Fsp3) is 1.00. The van der Waals surface area contributed by atoms with Crippen LogP contribution in [0.2, 0.25) is 0 Å². The largest absolute Gasteiger partial charge is 1.00 e. The van der Waals surface area contributed by atoms with E-state index in [1.807, 2.05) is 0 Å². The van der Waals surface area contributed by atoms with Gasteiger partial charge in [-0.25, -0.2) is 0 Å². The summed E-state index contributed by atoms with van der Waals surface area (Å²) in [6, 6.07) is 0. The molecule has 19 heavy (non-hydrogen) atoms. The van der Waals surface area contributed by atoms with E-state index in [-0.39, 0.29) is 65.5 Å². The van der Waals surface area contributed by atoms with Gasteiger partial charge in [0.25, 0.3) is 0 Å². The Hall–Kier alpha value is 1.95. The standard InChI is InChI=1S/C8H17O8P.2Na/c1-15-8-7(11)6(10)5(9)4(16-8)2-3-17(12,13)14;;/h4-11H,2-3H2,1H3,(H2,12,13,14);;/q;2*+1/p-2/t4-,5-,6+,7+,8+;;/m1../s1. The van der Waals surface area contributed by atoms with Crippen molar-refractivity contribution in [3.8, 4) is 0 Å². The van der Waals surface area contributed by atoms with E-state index in [1.165, 1.54) is 7.11 Å². The second-order valence-corrected chi connectivity index (χ2v) is 5.54. The molecule has 8 nitrogen and oxygen atoms in total. The molecule has 0 aromatic rings. The van der Waals surface area contributed by atoms with E-state index in [2.05, 4.69) is 0 Å². The molecular weight excluding hydrogens is 301 g/mol. The Morgan fingerprint density at radius 1 is 1.16 bits per heavy atom. The summed E-state index contributed by atoms with van der Waals surface area (Å²) in [7, 11) is -3.47. The monoisotopic (exact) mass is 316 g/mol. The van der Waals surface area contributed by atoms with E-state index in [1.54, 1.807) is 0 Å². The van der Waals surface area contributed by atoms with E-state index >= 15 is 0 Å². The summed E-state index contributed by atoms with van der Waals surface area (Å²) >= 11 is 0. The molecule has 1 fully saturated rings. The quantitative estimate of drug-likeness (QED) is 0.343. The van der Waals surface area contributed by atoms with Gasteiger partial charge in [-0.1, -0.05) is 7.60 Å². The molecule has 0 spiro atoms. The average Bonchev–Trinajstić information content (AvgIpc) is 2.24. The van der Waals surface area contributed by atoms with Gasteiger partial charge in [0.1, 0.15) is 18.3 Å². The number of aliphatic hydroxyl groups excluding tert-OH is 3. The van der Waals surface area contributed by atoms with Gasteiger partial charge in [0.2, 0.25) is 0 Å². The fourth-order valence-electron chi connectivity index (χ4n) is 1.64. The van der Waals surface area contributed by atoms with E-state index in [4.69, 9.17) is 9.47 Å². The van der Waals surface area contributed by atoms with Crippen molar-refractivity contribution in [3.05, 3.63) is 0 Å². The van der Waals surface area contributed by atoms with Crippen LogP contribution in [0.4, 0.5) is 0 Å². The summed E-state index contributed by atoms with van der Waals surface area (Å²) in [6.45, 7) is 0. The normalized spacial score (nSPS) is 35.2. The molecule has 1 aliphatic heterocycles. The van der Waals surface area contributed by atoms with Crippen molar-refractivity contribution in [1.82, 2.24) is 0 Å². The van der Waals surface area contributed by atoms with Gasteiger partial charge in [-0.15, -0.1) is 0 Å². The third kappa shape index (κ3) is 7.17. The second kappa shape index (κ2) is 9.86. The van der Waals surface area contributed by atoms with Gasteiger partial charge in [-0.3, -0.25) is 0 Å². The van der Waals surface area contributed by atoms with Crippen LogP contribution in [0.25, 0.3) is 0 Å². The fourth-order valence-corrected chi connectivity index (χ4v) is 2.21. The van der Waals surface area contributed by atoms with Crippen molar-refractivity contribution in [2.75, 3.05) is 13.3 Å². The molecule has 11 heteroatoms. The first-order valence-electron chi connectivity index (χ1n) is 5.00. The Labute approximate surface area is 155 Å². The van der Waals surface area contributed by atoms with Gasteiger partial charge < -0.3 is 39.1 Å². The Balaban J connectivity index is 0. The molecule has 0 radical (unpaired) electrons. The Morgan fingerprint density at radius 2 is 1.68 bits per heavy atom. The van der Waals surface area contributed by atoms with Crippen LogP contribution in [0.1, 0.15) is 6.42 Å². The maximum absolute atomic E-state index is 10.5. The topological polar surface area (TPSA) is 142 Å². The van der Waals surface area contributed by atoms with Gasteiger partial charge in [0, 0.05) is 7.11 Å². The van der Waals surface area contributed by atoms with E-state index in [0.29, 0.717) is 0 Å². The number of hydrogen-bond donors (Lipinski definition) is 3. The molecule has 0 aromatic heterocycles. The van der Waals surface area contributed by atoms with Crippen molar-refractivity contribution in [2.45, 2.75) is 37.1 Å². The molecule has 0 aliphatic carbocycles. The molecule has 1 saturated heterocycles. The molecule has 0 saturated carbocycles. The number of methoxy groups -OCH3 is 1. The Morgan fingerprint density at radius 3 is 2.11 bits per heavy atom. The van der Waals surface area contributed by atoms with Gasteiger partial charge >= 0.3 is 59.1 Å². The van der Waals surface area contributed by atoms with Gasteiger partial charge in [-0.2, -0.15) is 0 Å². The first-order valence-corrected chi connectivity index (χ1v) is 6.72. The summed E-state index contributed by atoms with van der Waals surface area (Å²) < 4.78 is 20.2. The third-order valence-corrected chi connectivity index (χ3v) is 3.39. The van der Waals surface area contributed by atoms with Crippen LogP contribution in [0.3, 0.4) is 0 Å². The van der Waals surface area contributed by atoms with Crippen molar-refractivity contribution < 1.29 is 98.3 Å². The van der Waals surface area contributed by atoms with E-state index in [9.17, 15) is 29.7 Å². The number of hydrogen-bond acceptors (Lipinski definition) is 8. The average molecular weight is 316 g/mol. The summed E-state index contributed by atoms with van der Waals surface area (Å²) in [5, 5.41) is 28.4. The van der Waals surface area contributed by atoms with Crippen molar-refractivity contribution in [1.29, 1.82) is 0 Å². The molecule has 0 amide bonds. The summed E-state index contributed by atoms with van der Waals surface area (Å²) in [4.78, 5) is 20.9. The van der Waals surface area contributed by atoms with Gasteiger partial charge in [-0.05, 0) is 12.6 Å². The van der Waals surface area contributed by atoms with Crippen LogP contribution in [0.15, 0.2) is 0 Å². The van der Waals surface area contributed by atoms with Gasteiger partial charge in [0.05, 0.1) is 6.10 Å². The summed E-state index contributed by atoms with van der Waals surface area (Å²) in [5.41, 5.74) is 0. The maximum atomic E-state index is 10.5. The molecule has 5 atom stereocenters. The van der Waals surface area contributed by atoms with Crippen LogP contribution >= 0.6 is 7.60 Å². The molecular formula is C8H15Na2O8P. The Bertz CT molecular complexity index is 298. The van der Waals surface area contributed by atoms with Crippen molar-refractivity contribution in [2.24, 2.45) is 0 Å². The SMILES string of the molecule is CO[C@H]1O[C@H](CCP(=O)([O-])[O-])[C@@H](O)[C@H](O)[C@@H]1O.[Na+].[Na+]. The predicted octanol–water partition coefficient (Wildman–Crippen LogP) is -9.25. The second-order valence-electron chi connectivity index (χ2n) is 3.87. The third-order valence-electron chi connectivity index (χ3n) is 2.59. The number of aliphatic hydroxyl groups is 3. The molecule has 102 valence electrons. The van der Waals surface area contributed by atoms with Crippen LogP contribution in [0.5, 0.6) is 0 Å². The molecule has 1 aliphatic rings. The molecule has 0 bridgehead atoms. The van der Waals surface area contributed by atoms with Crippen molar-refractivity contribution >= 4 is 7.60 Å². The zero-order valence-corrected chi connectivity index (χ0v) is 16.0. The number of ether oxygens (including phenoxy) is 2. The van der Waals surface area contributed by atoms with E-state index < -0.39 is 44.5 Å². The van der Waals surface area contributed by atoms with Crippen LogP contribution in [-0.2, 0) is 14.0 Å². The molecule has 0 aromatic carbocycles. The summed E-state index contributed by atoms with van der Waals surface area (Å²) in [6.07, 6.45) is -7.63. The minimum absolute atomic E-state index is 0. The zero-order chi connectivity index (χ0) is 13.2. The first-order chi connectivity index (χ1) is 7.76. The van der Waals surface area contributed by atoms with Crippen LogP contribution in [0, 0.1) is 0 Å². The molecule has 0 unspecified atom stereocenters. The van der Waals surface area contributed by atoms with Crippen molar-refractivity contribution in [3.63, 3.8) is 0 Å². The van der Waals surface area contributed by atoms with Crippen LogP contribution in [-0.4, -0.2) is 59.3 Å². The first kappa shape index (κ1) is 23.2. The molecule has 3 N–H and O–H groups in total. The minimum Gasteiger partial charge on any atom is -0.811 e. The predicted molar refractivity (Wildman–Crippen MR) is 50.8 cm³/mol. The summed E-state index contributed by atoms with van der Waals surface area (Å²) in [5.74, 6) is 0.